The van der Waals surface area contributed by atoms with Crippen LogP contribution in [0.1, 0.15) is 143 Å². The van der Waals surface area contributed by atoms with Gasteiger partial charge in [0, 0.05) is 5.66 Å². The summed E-state index contributed by atoms with van der Waals surface area (Å²) in [5, 5.41) is 0. The summed E-state index contributed by atoms with van der Waals surface area (Å²) < 4.78 is 12.8. The first-order valence-corrected chi connectivity index (χ1v) is 14.4. The molecule has 174 valence electrons. The Bertz CT molecular complexity index is 329. The molecule has 0 unspecified atom stereocenters. The summed E-state index contributed by atoms with van der Waals surface area (Å²) in [5.74, 6) is 0. The molecule has 1 aliphatic rings. The Hall–Kier alpha value is 0.350. The van der Waals surface area contributed by atoms with E-state index < -0.39 is 8.38 Å². The van der Waals surface area contributed by atoms with Crippen LogP contribution in [0.2, 0.25) is 0 Å². The highest BCUT2D eigenvalue weighted by atomic mass is 31.2. The smallest absolute Gasteiger partial charge is 0.173 e. The van der Waals surface area contributed by atoms with Crippen LogP contribution in [0.15, 0.2) is 0 Å². The molecule has 0 heterocycles. The molecule has 0 aliphatic heterocycles. The molecule has 0 radical (unpaired) electrons. The van der Waals surface area contributed by atoms with E-state index in [2.05, 4.69) is 27.7 Å². The van der Waals surface area contributed by atoms with Gasteiger partial charge in [0.1, 0.15) is 0 Å². The zero-order valence-electron chi connectivity index (χ0n) is 20.5. The van der Waals surface area contributed by atoms with E-state index in [0.29, 0.717) is 11.1 Å². The Labute approximate surface area is 185 Å². The number of unbranched alkanes of at least 4 members (excludes halogenated alkanes) is 12. The van der Waals surface area contributed by atoms with Crippen LogP contribution in [0.5, 0.6) is 0 Å². The van der Waals surface area contributed by atoms with Crippen molar-refractivity contribution in [3.05, 3.63) is 0 Å². The quantitative estimate of drug-likeness (QED) is 0.150. The molecule has 0 aromatic carbocycles. The Balaban J connectivity index is 2.21. The average Bonchev–Trinajstić information content (AvgIpc) is 2.70. The van der Waals surface area contributed by atoms with Gasteiger partial charge in [0.2, 0.25) is 0 Å². The average molecular weight is 429 g/mol. The van der Waals surface area contributed by atoms with Crippen molar-refractivity contribution in [1.29, 1.82) is 0 Å². The first kappa shape index (κ1) is 27.4. The molecule has 0 atom stereocenters. The highest BCUT2D eigenvalue weighted by Gasteiger charge is 2.33. The van der Waals surface area contributed by atoms with Gasteiger partial charge in [-0.2, -0.15) is 0 Å². The number of hydrogen-bond donors (Lipinski definition) is 0. The molecular weight excluding hydrogens is 375 g/mol. The number of rotatable bonds is 19. The largest absolute Gasteiger partial charge is 0.334 e. The van der Waals surface area contributed by atoms with Gasteiger partial charge in [0.05, 0.1) is 13.2 Å². The van der Waals surface area contributed by atoms with Crippen molar-refractivity contribution in [2.75, 3.05) is 13.2 Å². The lowest BCUT2D eigenvalue weighted by molar-refractivity contribution is 0.203. The molecule has 29 heavy (non-hydrogen) atoms. The lowest BCUT2D eigenvalue weighted by atomic mass is 9.77. The molecule has 0 spiro atoms. The highest BCUT2D eigenvalue weighted by molar-refractivity contribution is 7.48. The predicted octanol–water partition coefficient (Wildman–Crippen LogP) is 9.80. The summed E-state index contributed by atoms with van der Waals surface area (Å²) >= 11 is 0. The fraction of sp³-hybridized carbons (Fsp3) is 1.00. The first-order valence-electron chi connectivity index (χ1n) is 13.1. The summed E-state index contributed by atoms with van der Waals surface area (Å²) in [6, 6.07) is 0. The maximum Gasteiger partial charge on any atom is 0.173 e. The monoisotopic (exact) mass is 428 g/mol. The summed E-state index contributed by atoms with van der Waals surface area (Å²) in [5.41, 5.74) is 1.20. The molecule has 0 bridgehead atoms. The van der Waals surface area contributed by atoms with Gasteiger partial charge in [-0.3, -0.25) is 0 Å². The number of hydrogen-bond acceptors (Lipinski definition) is 2. The van der Waals surface area contributed by atoms with Crippen molar-refractivity contribution in [2.24, 2.45) is 5.41 Å². The van der Waals surface area contributed by atoms with Gasteiger partial charge in [-0.05, 0) is 43.9 Å². The second-order valence-electron chi connectivity index (χ2n) is 10.1. The van der Waals surface area contributed by atoms with E-state index in [0.717, 1.165) is 13.2 Å². The summed E-state index contributed by atoms with van der Waals surface area (Å²) in [6.45, 7) is 11.2. The summed E-state index contributed by atoms with van der Waals surface area (Å²) in [7, 11) is -0.681. The van der Waals surface area contributed by atoms with E-state index in [-0.39, 0.29) is 0 Å². The summed E-state index contributed by atoms with van der Waals surface area (Å²) in [6.07, 6.45) is 24.1. The Morgan fingerprint density at radius 2 is 1.00 bits per heavy atom. The lowest BCUT2D eigenvalue weighted by Gasteiger charge is -2.37. The third-order valence-corrected chi connectivity index (χ3v) is 8.53. The van der Waals surface area contributed by atoms with Gasteiger partial charge < -0.3 is 9.05 Å². The zero-order chi connectivity index (χ0) is 21.2. The van der Waals surface area contributed by atoms with Crippen molar-refractivity contribution in [2.45, 2.75) is 149 Å². The van der Waals surface area contributed by atoms with E-state index in [1.807, 2.05) is 0 Å². The van der Waals surface area contributed by atoms with Gasteiger partial charge in [-0.1, -0.05) is 105 Å². The van der Waals surface area contributed by atoms with Gasteiger partial charge in [-0.25, -0.2) is 0 Å². The molecule has 1 aliphatic carbocycles. The van der Waals surface area contributed by atoms with Crippen molar-refractivity contribution >= 4 is 8.38 Å². The van der Waals surface area contributed by atoms with Crippen molar-refractivity contribution in [1.82, 2.24) is 0 Å². The molecule has 1 rings (SSSR count). The SMILES string of the molecule is CCCCCCCCCOP(OCCCCCCCCC)C1CCC(C)(C)CC1. The van der Waals surface area contributed by atoms with E-state index in [9.17, 15) is 0 Å². The third kappa shape index (κ3) is 14.9. The van der Waals surface area contributed by atoms with Crippen molar-refractivity contribution in [3.63, 3.8) is 0 Å². The maximum atomic E-state index is 6.38. The minimum absolute atomic E-state index is 0.522. The Morgan fingerprint density at radius 3 is 1.41 bits per heavy atom. The molecule has 0 aromatic rings. The molecule has 0 aromatic heterocycles. The molecule has 0 amide bonds. The molecule has 1 saturated carbocycles. The van der Waals surface area contributed by atoms with Gasteiger partial charge in [-0.15, -0.1) is 0 Å². The van der Waals surface area contributed by atoms with E-state index >= 15 is 0 Å². The van der Waals surface area contributed by atoms with Gasteiger partial charge >= 0.3 is 0 Å². The highest BCUT2D eigenvalue weighted by Crippen LogP contribution is 2.52. The normalized spacial score (nSPS) is 17.3. The topological polar surface area (TPSA) is 18.5 Å². The van der Waals surface area contributed by atoms with Crippen molar-refractivity contribution < 1.29 is 9.05 Å². The molecule has 3 heteroatoms. The van der Waals surface area contributed by atoms with E-state index in [1.54, 1.807) is 0 Å². The van der Waals surface area contributed by atoms with Crippen LogP contribution in [0.3, 0.4) is 0 Å². The first-order chi connectivity index (χ1) is 14.1. The lowest BCUT2D eigenvalue weighted by Crippen LogP contribution is -2.24. The van der Waals surface area contributed by atoms with Gasteiger partial charge in [0.25, 0.3) is 0 Å². The Morgan fingerprint density at radius 1 is 0.621 bits per heavy atom. The fourth-order valence-corrected chi connectivity index (χ4v) is 6.06. The van der Waals surface area contributed by atoms with Crippen LogP contribution in [-0.4, -0.2) is 18.9 Å². The maximum absolute atomic E-state index is 6.38. The van der Waals surface area contributed by atoms with E-state index in [4.69, 9.17) is 9.05 Å². The standard InChI is InChI=1S/C26H53O2P/c1-5-7-9-11-13-15-17-23-27-29(25-19-21-26(3,4)22-20-25)28-24-18-16-14-12-10-8-6-2/h25H,5-24H2,1-4H3. The molecule has 0 saturated heterocycles. The Kier molecular flexibility index (Phi) is 17.0. The van der Waals surface area contributed by atoms with Crippen LogP contribution in [0.25, 0.3) is 0 Å². The van der Waals surface area contributed by atoms with Crippen LogP contribution < -0.4 is 0 Å². The second-order valence-corrected chi connectivity index (χ2v) is 11.9. The van der Waals surface area contributed by atoms with Gasteiger partial charge in [0.15, 0.2) is 8.38 Å². The van der Waals surface area contributed by atoms with E-state index in [1.165, 1.54) is 116 Å². The molecule has 2 nitrogen and oxygen atoms in total. The third-order valence-electron chi connectivity index (χ3n) is 6.54. The van der Waals surface area contributed by atoms with Crippen LogP contribution >= 0.6 is 8.38 Å². The molecule has 0 N–H and O–H groups in total. The van der Waals surface area contributed by atoms with Crippen LogP contribution in [0.4, 0.5) is 0 Å². The van der Waals surface area contributed by atoms with Crippen LogP contribution in [-0.2, 0) is 9.05 Å². The predicted molar refractivity (Wildman–Crippen MR) is 131 cm³/mol. The second kappa shape index (κ2) is 18.0. The minimum Gasteiger partial charge on any atom is -0.334 e. The fourth-order valence-electron chi connectivity index (χ4n) is 4.27. The minimum atomic E-state index is -0.681. The summed E-state index contributed by atoms with van der Waals surface area (Å²) in [4.78, 5) is 0. The van der Waals surface area contributed by atoms with Crippen molar-refractivity contribution in [3.8, 4) is 0 Å². The zero-order valence-corrected chi connectivity index (χ0v) is 21.4. The molecular formula is C26H53O2P. The van der Waals surface area contributed by atoms with Crippen LogP contribution in [0, 0.1) is 5.41 Å². The molecule has 1 fully saturated rings.